The topological polar surface area (TPSA) is 71.8 Å². The van der Waals surface area contributed by atoms with Gasteiger partial charge in [-0.1, -0.05) is 12.1 Å². The third kappa shape index (κ3) is 5.03. The van der Waals surface area contributed by atoms with Crippen molar-refractivity contribution in [1.29, 1.82) is 0 Å². The number of nitrogens with one attached hydrogen (secondary N) is 2. The van der Waals surface area contributed by atoms with Gasteiger partial charge in [0.1, 0.15) is 12.1 Å². The Hall–Kier alpha value is -3.48. The van der Waals surface area contributed by atoms with Crippen molar-refractivity contribution in [3.05, 3.63) is 71.4 Å². The highest BCUT2D eigenvalue weighted by molar-refractivity contribution is 5.92. The Morgan fingerprint density at radius 1 is 1.24 bits per heavy atom. The number of carbonyl (C=O) groups is 1. The van der Waals surface area contributed by atoms with Gasteiger partial charge in [0.15, 0.2) is 11.6 Å². The van der Waals surface area contributed by atoms with E-state index in [1.54, 1.807) is 0 Å². The maximum absolute atomic E-state index is 14.6. The lowest BCUT2D eigenvalue weighted by atomic mass is 10.1. The van der Waals surface area contributed by atoms with Crippen molar-refractivity contribution in [1.82, 2.24) is 19.9 Å². The lowest BCUT2D eigenvalue weighted by Crippen LogP contribution is -2.19. The van der Waals surface area contributed by atoms with Crippen LogP contribution in [0.15, 0.2) is 43.0 Å². The Balaban J connectivity index is 1.45. The number of pyridine rings is 1. The van der Waals surface area contributed by atoms with E-state index in [4.69, 9.17) is 0 Å². The van der Waals surface area contributed by atoms with Crippen LogP contribution < -0.4 is 10.6 Å². The van der Waals surface area contributed by atoms with E-state index in [9.17, 15) is 35.5 Å². The van der Waals surface area contributed by atoms with Crippen LogP contribution in [0.25, 0.3) is 5.82 Å². The zero-order valence-corrected chi connectivity index (χ0v) is 17.1. The Bertz CT molecular complexity index is 1220. The van der Waals surface area contributed by atoms with Crippen LogP contribution in [0, 0.1) is 11.6 Å². The first-order valence-corrected chi connectivity index (χ1v) is 9.88. The van der Waals surface area contributed by atoms with E-state index >= 15 is 0 Å². The largest absolute Gasteiger partial charge is 0.419 e. The Morgan fingerprint density at radius 3 is 2.65 bits per heavy atom. The number of alkyl halides is 5. The molecule has 1 amide bonds. The van der Waals surface area contributed by atoms with Crippen LogP contribution in [0.2, 0.25) is 0 Å². The number of imidazole rings is 1. The van der Waals surface area contributed by atoms with Gasteiger partial charge in [-0.2, -0.15) is 13.2 Å². The first-order chi connectivity index (χ1) is 15.9. The highest BCUT2D eigenvalue weighted by atomic mass is 19.4. The fourth-order valence-electron chi connectivity index (χ4n) is 3.56. The van der Waals surface area contributed by atoms with Gasteiger partial charge in [-0.15, -0.1) is 0 Å². The van der Waals surface area contributed by atoms with Crippen molar-refractivity contribution < 1.29 is 35.5 Å². The maximum Gasteiger partial charge on any atom is 0.419 e. The van der Waals surface area contributed by atoms with Crippen molar-refractivity contribution in [3.8, 4) is 5.82 Å². The first-order valence-electron chi connectivity index (χ1n) is 9.88. The number of nitrogens with zero attached hydrogens (tertiary/aromatic N) is 3. The van der Waals surface area contributed by atoms with E-state index in [2.05, 4.69) is 20.6 Å². The average molecular weight is 487 g/mol. The Kier molecular flexibility index (Phi) is 6.06. The quantitative estimate of drug-likeness (QED) is 0.523. The van der Waals surface area contributed by atoms with Gasteiger partial charge in [-0.05, 0) is 11.6 Å². The minimum Gasteiger partial charge on any atom is -0.324 e. The molecule has 1 saturated heterocycles. The average Bonchev–Trinajstić information content (AvgIpc) is 3.35. The summed E-state index contributed by atoms with van der Waals surface area (Å²) in [7, 11) is 0. The molecule has 3 heterocycles. The molecule has 0 bridgehead atoms. The molecule has 0 aliphatic carbocycles. The van der Waals surface area contributed by atoms with Crippen molar-refractivity contribution in [2.45, 2.75) is 31.0 Å². The molecular formula is C21H16F7N5O. The molecule has 1 aliphatic rings. The van der Waals surface area contributed by atoms with Crippen LogP contribution in [-0.4, -0.2) is 32.9 Å². The SMILES string of the molecule is O=C(Cc1cccc(C(F)(F)F)c1F)Nc1cnc(-n2cnc(C3CC(F)(F)CN3)c2)c(F)c1. The number of hydrogen-bond donors (Lipinski definition) is 2. The van der Waals surface area contributed by atoms with E-state index < -0.39 is 66.2 Å². The van der Waals surface area contributed by atoms with Gasteiger partial charge < -0.3 is 10.6 Å². The van der Waals surface area contributed by atoms with E-state index in [1.165, 1.54) is 17.1 Å². The molecule has 1 aliphatic heterocycles. The summed E-state index contributed by atoms with van der Waals surface area (Å²) in [5.41, 5.74) is -1.81. The number of carbonyl (C=O) groups excluding carboxylic acids is 1. The molecule has 180 valence electrons. The molecule has 6 nitrogen and oxygen atoms in total. The third-order valence-electron chi connectivity index (χ3n) is 5.15. The number of aromatic nitrogens is 3. The van der Waals surface area contributed by atoms with Crippen LogP contribution in [0.3, 0.4) is 0 Å². The highest BCUT2D eigenvalue weighted by Gasteiger charge is 2.40. The number of benzene rings is 1. The zero-order chi connectivity index (χ0) is 24.7. The van der Waals surface area contributed by atoms with Gasteiger partial charge >= 0.3 is 6.18 Å². The molecule has 0 spiro atoms. The molecule has 2 aromatic heterocycles. The van der Waals surface area contributed by atoms with Crippen LogP contribution in [0.1, 0.15) is 29.3 Å². The molecule has 1 fully saturated rings. The Morgan fingerprint density at radius 2 is 2.00 bits per heavy atom. The standard InChI is InChI=1S/C21H16F7N5O/c22-14-5-12(32-17(34)4-11-2-1-3-13(18(11)23)21(26,27)28)7-29-19(14)33-8-16(31-10-33)15-6-20(24,25)9-30-15/h1-3,5,7-8,10,15,30H,4,6,9H2,(H,32,34). The van der Waals surface area contributed by atoms with Gasteiger partial charge in [0.25, 0.3) is 5.92 Å². The minimum atomic E-state index is -4.92. The molecule has 13 heteroatoms. The van der Waals surface area contributed by atoms with Crippen molar-refractivity contribution >= 4 is 11.6 Å². The number of hydrogen-bond acceptors (Lipinski definition) is 4. The number of anilines is 1. The summed E-state index contributed by atoms with van der Waals surface area (Å²) in [6.45, 7) is -0.490. The van der Waals surface area contributed by atoms with E-state index in [0.29, 0.717) is 6.07 Å². The minimum absolute atomic E-state index is 0.115. The summed E-state index contributed by atoms with van der Waals surface area (Å²) in [5.74, 6) is -6.42. The monoisotopic (exact) mass is 487 g/mol. The van der Waals surface area contributed by atoms with E-state index in [-0.39, 0.29) is 17.2 Å². The predicted molar refractivity (Wildman–Crippen MR) is 105 cm³/mol. The van der Waals surface area contributed by atoms with Crippen molar-refractivity contribution in [2.24, 2.45) is 0 Å². The highest BCUT2D eigenvalue weighted by Crippen LogP contribution is 2.34. The van der Waals surface area contributed by atoms with E-state index in [0.717, 1.165) is 24.4 Å². The second-order valence-corrected chi connectivity index (χ2v) is 7.73. The fourth-order valence-corrected chi connectivity index (χ4v) is 3.56. The second kappa shape index (κ2) is 8.70. The summed E-state index contributed by atoms with van der Waals surface area (Å²) in [4.78, 5) is 20.1. The summed E-state index contributed by atoms with van der Waals surface area (Å²) in [6.07, 6.45) is -2.45. The molecule has 1 unspecified atom stereocenters. The summed E-state index contributed by atoms with van der Waals surface area (Å²) < 4.78 is 95.1. The van der Waals surface area contributed by atoms with Crippen LogP contribution in [-0.2, 0) is 17.4 Å². The third-order valence-corrected chi connectivity index (χ3v) is 5.15. The van der Waals surface area contributed by atoms with Gasteiger partial charge in [0.05, 0.1) is 42.1 Å². The molecule has 1 aromatic carbocycles. The van der Waals surface area contributed by atoms with Crippen LogP contribution in [0.4, 0.5) is 36.4 Å². The van der Waals surface area contributed by atoms with Gasteiger partial charge in [0, 0.05) is 18.7 Å². The molecule has 3 aromatic rings. The molecule has 0 saturated carbocycles. The smallest absolute Gasteiger partial charge is 0.324 e. The fraction of sp³-hybridized carbons (Fsp3) is 0.286. The Labute approximate surface area is 187 Å². The number of amides is 1. The normalized spacial score (nSPS) is 17.7. The van der Waals surface area contributed by atoms with Gasteiger partial charge in [-0.3, -0.25) is 9.36 Å². The van der Waals surface area contributed by atoms with Crippen LogP contribution in [0.5, 0.6) is 0 Å². The summed E-state index contributed by atoms with van der Waals surface area (Å²) in [6, 6.07) is 2.79. The second-order valence-electron chi connectivity index (χ2n) is 7.73. The number of rotatable bonds is 5. The first kappa shape index (κ1) is 23.7. The molecule has 2 N–H and O–H groups in total. The lowest BCUT2D eigenvalue weighted by molar-refractivity contribution is -0.140. The van der Waals surface area contributed by atoms with Gasteiger partial charge in [0.2, 0.25) is 5.91 Å². The molecule has 34 heavy (non-hydrogen) atoms. The molecular weight excluding hydrogens is 471 g/mol. The predicted octanol–water partition coefficient (Wildman–Crippen LogP) is 4.42. The van der Waals surface area contributed by atoms with Gasteiger partial charge in [-0.25, -0.2) is 27.5 Å². The molecule has 0 radical (unpaired) electrons. The zero-order valence-electron chi connectivity index (χ0n) is 17.1. The summed E-state index contributed by atoms with van der Waals surface area (Å²) >= 11 is 0. The van der Waals surface area contributed by atoms with Crippen molar-refractivity contribution in [2.75, 3.05) is 11.9 Å². The van der Waals surface area contributed by atoms with Crippen molar-refractivity contribution in [3.63, 3.8) is 0 Å². The molecule has 1 atom stereocenters. The number of halogens is 7. The molecule has 4 rings (SSSR count). The summed E-state index contributed by atoms with van der Waals surface area (Å²) in [5, 5.41) is 4.88. The van der Waals surface area contributed by atoms with E-state index in [1.807, 2.05) is 0 Å². The maximum atomic E-state index is 14.6. The lowest BCUT2D eigenvalue weighted by Gasteiger charge is -2.11. The van der Waals surface area contributed by atoms with Crippen LogP contribution >= 0.6 is 0 Å².